The Morgan fingerprint density at radius 1 is 1.47 bits per heavy atom. The van der Waals surface area contributed by atoms with Gasteiger partial charge in [-0.1, -0.05) is 13.3 Å². The SMILES string of the molecule is CCNC(c1cncc(F)c1)C1CCCCS1(=O)=O. The Hall–Kier alpha value is -1.01. The van der Waals surface area contributed by atoms with Crippen molar-refractivity contribution in [3.05, 3.63) is 29.8 Å². The number of hydrogen-bond donors (Lipinski definition) is 1. The van der Waals surface area contributed by atoms with Crippen LogP contribution in [0.25, 0.3) is 0 Å². The van der Waals surface area contributed by atoms with Crippen LogP contribution in [0.3, 0.4) is 0 Å². The van der Waals surface area contributed by atoms with Crippen LogP contribution in [0.2, 0.25) is 0 Å². The highest BCUT2D eigenvalue weighted by Crippen LogP contribution is 2.30. The summed E-state index contributed by atoms with van der Waals surface area (Å²) in [7, 11) is -3.12. The Morgan fingerprint density at radius 3 is 2.89 bits per heavy atom. The van der Waals surface area contributed by atoms with Gasteiger partial charge in [-0.3, -0.25) is 4.98 Å². The molecule has 0 bridgehead atoms. The predicted octanol–water partition coefficient (Wildman–Crippen LogP) is 1.84. The zero-order valence-electron chi connectivity index (χ0n) is 11.0. The first-order chi connectivity index (χ1) is 9.04. The molecule has 2 heterocycles. The van der Waals surface area contributed by atoms with Crippen molar-refractivity contribution in [1.29, 1.82) is 0 Å². The Morgan fingerprint density at radius 2 is 2.26 bits per heavy atom. The van der Waals surface area contributed by atoms with Crippen molar-refractivity contribution in [3.63, 3.8) is 0 Å². The molecule has 1 N–H and O–H groups in total. The third-order valence-electron chi connectivity index (χ3n) is 3.51. The number of nitrogens with one attached hydrogen (secondary N) is 1. The molecular formula is C13H19FN2O2S. The van der Waals surface area contributed by atoms with Crippen molar-refractivity contribution >= 4 is 9.84 Å². The van der Waals surface area contributed by atoms with Crippen LogP contribution in [0.15, 0.2) is 18.5 Å². The summed E-state index contributed by atoms with van der Waals surface area (Å²) in [6.07, 6.45) is 4.91. The zero-order valence-corrected chi connectivity index (χ0v) is 11.8. The fourth-order valence-electron chi connectivity index (χ4n) is 2.64. The molecule has 2 rings (SSSR count). The summed E-state index contributed by atoms with van der Waals surface area (Å²) in [4.78, 5) is 3.82. The van der Waals surface area contributed by atoms with Crippen LogP contribution in [0.4, 0.5) is 4.39 Å². The molecule has 0 amide bonds. The molecule has 106 valence electrons. The van der Waals surface area contributed by atoms with Crippen LogP contribution in [0, 0.1) is 5.82 Å². The Bertz CT molecular complexity index is 533. The average Bonchev–Trinajstić information content (AvgIpc) is 2.36. The van der Waals surface area contributed by atoms with E-state index in [0.717, 1.165) is 19.0 Å². The molecule has 4 nitrogen and oxygen atoms in total. The highest BCUT2D eigenvalue weighted by molar-refractivity contribution is 7.92. The van der Waals surface area contributed by atoms with Crippen LogP contribution in [-0.4, -0.2) is 30.9 Å². The molecule has 0 radical (unpaired) electrons. The van der Waals surface area contributed by atoms with E-state index in [2.05, 4.69) is 10.3 Å². The molecule has 19 heavy (non-hydrogen) atoms. The molecule has 0 aliphatic carbocycles. The number of sulfone groups is 1. The fourth-order valence-corrected chi connectivity index (χ4v) is 4.74. The molecule has 2 atom stereocenters. The number of halogens is 1. The summed E-state index contributed by atoms with van der Waals surface area (Å²) in [6.45, 7) is 2.54. The quantitative estimate of drug-likeness (QED) is 0.917. The van der Waals surface area contributed by atoms with Gasteiger partial charge in [0, 0.05) is 6.20 Å². The van der Waals surface area contributed by atoms with Gasteiger partial charge < -0.3 is 5.32 Å². The van der Waals surface area contributed by atoms with E-state index in [-0.39, 0.29) is 11.8 Å². The van der Waals surface area contributed by atoms with Crippen molar-refractivity contribution in [2.45, 2.75) is 37.5 Å². The van der Waals surface area contributed by atoms with Crippen molar-refractivity contribution in [2.24, 2.45) is 0 Å². The second-order valence-corrected chi connectivity index (χ2v) is 7.21. The lowest BCUT2D eigenvalue weighted by Gasteiger charge is -2.30. The smallest absolute Gasteiger partial charge is 0.155 e. The maximum absolute atomic E-state index is 13.3. The van der Waals surface area contributed by atoms with Crippen molar-refractivity contribution < 1.29 is 12.8 Å². The summed E-state index contributed by atoms with van der Waals surface area (Å²) in [5.74, 6) is -0.212. The van der Waals surface area contributed by atoms with E-state index in [9.17, 15) is 12.8 Å². The first-order valence-corrected chi connectivity index (χ1v) is 8.31. The van der Waals surface area contributed by atoms with Gasteiger partial charge in [-0.05, 0) is 31.0 Å². The molecule has 6 heteroatoms. The van der Waals surface area contributed by atoms with E-state index in [4.69, 9.17) is 0 Å². The topological polar surface area (TPSA) is 59.1 Å². The maximum Gasteiger partial charge on any atom is 0.155 e. The van der Waals surface area contributed by atoms with Gasteiger partial charge in [0.05, 0.1) is 23.2 Å². The summed E-state index contributed by atoms with van der Waals surface area (Å²) in [5.41, 5.74) is 0.609. The molecule has 1 fully saturated rings. The predicted molar refractivity (Wildman–Crippen MR) is 72.0 cm³/mol. The van der Waals surface area contributed by atoms with E-state index in [1.54, 1.807) is 6.20 Å². The van der Waals surface area contributed by atoms with E-state index in [0.29, 0.717) is 18.5 Å². The summed E-state index contributed by atoms with van der Waals surface area (Å²) >= 11 is 0. The molecule has 1 aliphatic rings. The standard InChI is InChI=1S/C13H19FN2O2S/c1-2-16-13(10-7-11(14)9-15-8-10)12-5-3-4-6-19(12,17)18/h7-9,12-13,16H,2-6H2,1H3. The van der Waals surface area contributed by atoms with Gasteiger partial charge in [-0.25, -0.2) is 12.8 Å². The van der Waals surface area contributed by atoms with E-state index >= 15 is 0 Å². The number of nitrogens with zero attached hydrogens (tertiary/aromatic N) is 1. The van der Waals surface area contributed by atoms with Crippen LogP contribution >= 0.6 is 0 Å². The lowest BCUT2D eigenvalue weighted by Crippen LogP contribution is -2.40. The molecule has 0 saturated carbocycles. The molecule has 0 spiro atoms. The normalized spacial score (nSPS) is 24.0. The highest BCUT2D eigenvalue weighted by atomic mass is 32.2. The zero-order chi connectivity index (χ0) is 13.9. The summed E-state index contributed by atoms with van der Waals surface area (Å²) in [5, 5.41) is 2.68. The minimum Gasteiger partial charge on any atom is -0.309 e. The largest absolute Gasteiger partial charge is 0.309 e. The molecule has 1 saturated heterocycles. The average molecular weight is 286 g/mol. The molecule has 2 unspecified atom stereocenters. The lowest BCUT2D eigenvalue weighted by molar-refractivity contribution is 0.451. The number of hydrogen-bond acceptors (Lipinski definition) is 4. The minimum atomic E-state index is -3.12. The van der Waals surface area contributed by atoms with Gasteiger partial charge in [0.2, 0.25) is 0 Å². The summed E-state index contributed by atoms with van der Waals surface area (Å²) < 4.78 is 37.7. The van der Waals surface area contributed by atoms with Crippen LogP contribution in [0.1, 0.15) is 37.8 Å². The highest BCUT2D eigenvalue weighted by Gasteiger charge is 2.36. The second-order valence-electron chi connectivity index (χ2n) is 4.87. The number of pyridine rings is 1. The van der Waals surface area contributed by atoms with Crippen molar-refractivity contribution in [1.82, 2.24) is 10.3 Å². The van der Waals surface area contributed by atoms with E-state index in [1.807, 2.05) is 6.92 Å². The molecular weight excluding hydrogens is 267 g/mol. The third kappa shape index (κ3) is 3.30. The van der Waals surface area contributed by atoms with Gasteiger partial charge in [-0.15, -0.1) is 0 Å². The monoisotopic (exact) mass is 286 g/mol. The van der Waals surface area contributed by atoms with Gasteiger partial charge in [-0.2, -0.15) is 0 Å². The van der Waals surface area contributed by atoms with Crippen LogP contribution < -0.4 is 5.32 Å². The Balaban J connectivity index is 2.34. The summed E-state index contributed by atoms with van der Waals surface area (Å²) in [6, 6.07) is 0.989. The maximum atomic E-state index is 13.3. The fraction of sp³-hybridized carbons (Fsp3) is 0.615. The number of aromatic nitrogens is 1. The van der Waals surface area contributed by atoms with Crippen LogP contribution in [-0.2, 0) is 9.84 Å². The first kappa shape index (κ1) is 14.4. The van der Waals surface area contributed by atoms with Gasteiger partial charge >= 0.3 is 0 Å². The Labute approximate surface area is 113 Å². The number of rotatable bonds is 4. The first-order valence-electron chi connectivity index (χ1n) is 6.60. The lowest BCUT2D eigenvalue weighted by atomic mass is 10.0. The van der Waals surface area contributed by atoms with Gasteiger partial charge in [0.1, 0.15) is 5.82 Å². The Kier molecular flexibility index (Phi) is 4.52. The van der Waals surface area contributed by atoms with E-state index < -0.39 is 20.9 Å². The van der Waals surface area contributed by atoms with Crippen molar-refractivity contribution in [3.8, 4) is 0 Å². The molecule has 1 aliphatic heterocycles. The van der Waals surface area contributed by atoms with Crippen LogP contribution in [0.5, 0.6) is 0 Å². The molecule has 0 aromatic carbocycles. The minimum absolute atomic E-state index is 0.225. The third-order valence-corrected chi connectivity index (χ3v) is 5.80. The van der Waals surface area contributed by atoms with E-state index in [1.165, 1.54) is 6.07 Å². The second kappa shape index (κ2) is 5.96. The van der Waals surface area contributed by atoms with Crippen molar-refractivity contribution in [2.75, 3.05) is 12.3 Å². The van der Waals surface area contributed by atoms with Gasteiger partial charge in [0.15, 0.2) is 9.84 Å². The van der Waals surface area contributed by atoms with Gasteiger partial charge in [0.25, 0.3) is 0 Å². The molecule has 1 aromatic rings. The molecule has 1 aromatic heterocycles.